The highest BCUT2D eigenvalue weighted by molar-refractivity contribution is 5.86. The Bertz CT molecular complexity index is 801. The Morgan fingerprint density at radius 2 is 1.68 bits per heavy atom. The Balaban J connectivity index is 1.48. The van der Waals surface area contributed by atoms with Gasteiger partial charge in [-0.25, -0.2) is 4.39 Å². The zero-order valence-electron chi connectivity index (χ0n) is 16.0. The summed E-state index contributed by atoms with van der Waals surface area (Å²) in [6.45, 7) is 0.185. The molecule has 1 fully saturated rings. The van der Waals surface area contributed by atoms with E-state index in [1.165, 1.54) is 11.6 Å². The van der Waals surface area contributed by atoms with Crippen LogP contribution in [0, 0.1) is 5.82 Å². The number of amides is 1. The van der Waals surface area contributed by atoms with Gasteiger partial charge in [0, 0.05) is 12.1 Å². The third-order valence-electron chi connectivity index (χ3n) is 5.38. The third kappa shape index (κ3) is 4.77. The maximum Gasteiger partial charge on any atom is 0.317 e. The number of hydrogen-bond acceptors (Lipinski definition) is 3. The highest BCUT2D eigenvalue weighted by Crippen LogP contribution is 2.43. The number of carbonyl (C=O) groups is 2. The Morgan fingerprint density at radius 3 is 2.39 bits per heavy atom. The highest BCUT2D eigenvalue weighted by atomic mass is 19.1. The maximum absolute atomic E-state index is 14.3. The molecule has 0 heterocycles. The molecular weight excluding hydrogens is 357 g/mol. The second-order valence-corrected chi connectivity index (χ2v) is 7.28. The summed E-state index contributed by atoms with van der Waals surface area (Å²) in [6.07, 6.45) is 4.46. The fourth-order valence-electron chi connectivity index (χ4n) is 3.90. The zero-order valence-corrected chi connectivity index (χ0v) is 16.0. The summed E-state index contributed by atoms with van der Waals surface area (Å²) in [5.74, 6) is -1.23. The minimum absolute atomic E-state index is 0.330. The van der Waals surface area contributed by atoms with Crippen molar-refractivity contribution < 1.29 is 18.7 Å². The molecule has 0 spiro atoms. The van der Waals surface area contributed by atoms with Crippen LogP contribution in [0.3, 0.4) is 0 Å². The molecule has 0 radical (unpaired) electrons. The van der Waals surface area contributed by atoms with Gasteiger partial charge in [-0.05, 0) is 37.3 Å². The molecule has 0 atom stereocenters. The second kappa shape index (κ2) is 9.49. The monoisotopic (exact) mass is 383 g/mol. The van der Waals surface area contributed by atoms with Gasteiger partial charge >= 0.3 is 5.97 Å². The SMILES string of the molecule is O=C(COC(=O)C1(c2ccccc2F)CCCC1)NCCCc1ccccc1. The number of hydrogen-bond donors (Lipinski definition) is 1. The van der Waals surface area contributed by atoms with E-state index < -0.39 is 17.2 Å². The number of ether oxygens (including phenoxy) is 1. The van der Waals surface area contributed by atoms with Crippen LogP contribution in [0.5, 0.6) is 0 Å². The van der Waals surface area contributed by atoms with Gasteiger partial charge in [-0.1, -0.05) is 61.4 Å². The number of halogens is 1. The number of aryl methyl sites for hydroxylation is 1. The largest absolute Gasteiger partial charge is 0.455 e. The van der Waals surface area contributed by atoms with Gasteiger partial charge in [0.2, 0.25) is 0 Å². The molecule has 148 valence electrons. The summed E-state index contributed by atoms with van der Waals surface area (Å²) in [7, 11) is 0. The standard InChI is InChI=1S/C23H26FNO3/c24-20-13-5-4-12-19(20)23(14-6-7-15-23)22(27)28-17-21(26)25-16-8-11-18-9-2-1-3-10-18/h1-5,9-10,12-13H,6-8,11,14-17H2,(H,25,26). The normalized spacial score (nSPS) is 15.2. The van der Waals surface area contributed by atoms with Crippen LogP contribution in [0.4, 0.5) is 4.39 Å². The molecule has 0 aliphatic heterocycles. The van der Waals surface area contributed by atoms with Crippen molar-refractivity contribution in [2.45, 2.75) is 43.9 Å². The van der Waals surface area contributed by atoms with Gasteiger partial charge in [0.1, 0.15) is 5.82 Å². The predicted molar refractivity (Wildman–Crippen MR) is 105 cm³/mol. The molecule has 1 amide bonds. The summed E-state index contributed by atoms with van der Waals surface area (Å²) in [5.41, 5.74) is 0.621. The summed E-state index contributed by atoms with van der Waals surface area (Å²) in [5, 5.41) is 2.77. The van der Waals surface area contributed by atoms with E-state index in [4.69, 9.17) is 4.74 Å². The topological polar surface area (TPSA) is 55.4 Å². The van der Waals surface area contributed by atoms with Crippen LogP contribution in [0.25, 0.3) is 0 Å². The van der Waals surface area contributed by atoms with E-state index >= 15 is 0 Å². The van der Waals surface area contributed by atoms with Crippen LogP contribution in [0.1, 0.15) is 43.2 Å². The van der Waals surface area contributed by atoms with Crippen molar-refractivity contribution in [3.63, 3.8) is 0 Å². The van der Waals surface area contributed by atoms with Gasteiger partial charge in [0.25, 0.3) is 5.91 Å². The quantitative estimate of drug-likeness (QED) is 0.555. The van der Waals surface area contributed by atoms with Crippen molar-refractivity contribution in [2.75, 3.05) is 13.2 Å². The molecule has 0 bridgehead atoms. The van der Waals surface area contributed by atoms with E-state index in [0.29, 0.717) is 24.9 Å². The molecule has 0 unspecified atom stereocenters. The summed E-state index contributed by atoms with van der Waals surface area (Å²) < 4.78 is 19.6. The van der Waals surface area contributed by atoms with Crippen molar-refractivity contribution in [3.05, 3.63) is 71.5 Å². The Kier molecular flexibility index (Phi) is 6.80. The fourth-order valence-corrected chi connectivity index (χ4v) is 3.90. The molecule has 0 aromatic heterocycles. The van der Waals surface area contributed by atoms with Gasteiger partial charge < -0.3 is 10.1 Å². The maximum atomic E-state index is 14.3. The molecule has 4 nitrogen and oxygen atoms in total. The van der Waals surface area contributed by atoms with E-state index in [2.05, 4.69) is 5.32 Å². The Morgan fingerprint density at radius 1 is 1.00 bits per heavy atom. The van der Waals surface area contributed by atoms with Crippen LogP contribution in [0.15, 0.2) is 54.6 Å². The molecule has 1 aliphatic rings. The minimum atomic E-state index is -0.973. The lowest BCUT2D eigenvalue weighted by Crippen LogP contribution is -2.38. The first-order chi connectivity index (χ1) is 13.6. The number of esters is 1. The number of nitrogens with one attached hydrogen (secondary N) is 1. The van der Waals surface area contributed by atoms with Gasteiger partial charge in [-0.15, -0.1) is 0 Å². The van der Waals surface area contributed by atoms with Crippen molar-refractivity contribution in [1.29, 1.82) is 0 Å². The average Bonchev–Trinajstić information content (AvgIpc) is 3.21. The fraction of sp³-hybridized carbons (Fsp3) is 0.391. The van der Waals surface area contributed by atoms with Crippen LogP contribution >= 0.6 is 0 Å². The number of benzene rings is 2. The number of rotatable bonds is 8. The van der Waals surface area contributed by atoms with Gasteiger partial charge in [0.15, 0.2) is 6.61 Å². The van der Waals surface area contributed by atoms with Crippen molar-refractivity contribution >= 4 is 11.9 Å². The molecule has 1 N–H and O–H groups in total. The smallest absolute Gasteiger partial charge is 0.317 e. The first-order valence-corrected chi connectivity index (χ1v) is 9.85. The lowest BCUT2D eigenvalue weighted by Gasteiger charge is -2.27. The Hall–Kier alpha value is -2.69. The summed E-state index contributed by atoms with van der Waals surface area (Å²) in [4.78, 5) is 24.8. The third-order valence-corrected chi connectivity index (χ3v) is 5.38. The lowest BCUT2D eigenvalue weighted by atomic mass is 9.78. The lowest BCUT2D eigenvalue weighted by molar-refractivity contribution is -0.154. The van der Waals surface area contributed by atoms with Crippen molar-refractivity contribution in [2.24, 2.45) is 0 Å². The molecule has 2 aromatic carbocycles. The first kappa shape index (κ1) is 20.1. The molecule has 0 saturated heterocycles. The van der Waals surface area contributed by atoms with E-state index in [1.807, 2.05) is 30.3 Å². The molecule has 1 saturated carbocycles. The van der Waals surface area contributed by atoms with Gasteiger partial charge in [-0.3, -0.25) is 9.59 Å². The number of carbonyl (C=O) groups excluding carboxylic acids is 2. The van der Waals surface area contributed by atoms with E-state index in [-0.39, 0.29) is 12.5 Å². The summed E-state index contributed by atoms with van der Waals surface area (Å²) in [6, 6.07) is 16.4. The molecule has 1 aliphatic carbocycles. The van der Waals surface area contributed by atoms with Crippen molar-refractivity contribution in [3.8, 4) is 0 Å². The molecule has 5 heteroatoms. The molecule has 28 heavy (non-hydrogen) atoms. The van der Waals surface area contributed by atoms with Crippen LogP contribution < -0.4 is 5.32 Å². The van der Waals surface area contributed by atoms with Crippen LogP contribution in [-0.4, -0.2) is 25.0 Å². The van der Waals surface area contributed by atoms with E-state index in [0.717, 1.165) is 25.7 Å². The van der Waals surface area contributed by atoms with Crippen LogP contribution in [-0.2, 0) is 26.2 Å². The first-order valence-electron chi connectivity index (χ1n) is 9.85. The highest BCUT2D eigenvalue weighted by Gasteiger charge is 2.45. The minimum Gasteiger partial charge on any atom is -0.455 e. The van der Waals surface area contributed by atoms with Crippen LogP contribution in [0.2, 0.25) is 0 Å². The average molecular weight is 383 g/mol. The molecular formula is C23H26FNO3. The second-order valence-electron chi connectivity index (χ2n) is 7.28. The van der Waals surface area contributed by atoms with Gasteiger partial charge in [0.05, 0.1) is 5.41 Å². The zero-order chi connectivity index (χ0) is 19.8. The van der Waals surface area contributed by atoms with E-state index in [1.54, 1.807) is 18.2 Å². The van der Waals surface area contributed by atoms with Gasteiger partial charge in [-0.2, -0.15) is 0 Å². The van der Waals surface area contributed by atoms with E-state index in [9.17, 15) is 14.0 Å². The Labute approximate surface area is 165 Å². The summed E-state index contributed by atoms with van der Waals surface area (Å²) >= 11 is 0. The molecule has 2 aromatic rings. The predicted octanol–water partition coefficient (Wildman–Crippen LogP) is 3.93. The van der Waals surface area contributed by atoms with Crippen molar-refractivity contribution in [1.82, 2.24) is 5.32 Å². The molecule has 3 rings (SSSR count).